The SMILES string of the molecule is CC(C)(C)OC(=O)NCCN1CCc2cc(C(=O)O)sc2C1. The van der Waals surface area contributed by atoms with Crippen LogP contribution < -0.4 is 5.32 Å². The molecule has 1 aromatic rings. The first kappa shape index (κ1) is 16.8. The molecule has 1 aromatic heterocycles. The van der Waals surface area contributed by atoms with Gasteiger partial charge in [-0.05, 0) is 38.8 Å². The molecule has 0 atom stereocenters. The number of hydrogen-bond acceptors (Lipinski definition) is 5. The number of fused-ring (bicyclic) bond motifs is 1. The van der Waals surface area contributed by atoms with E-state index in [4.69, 9.17) is 9.84 Å². The Morgan fingerprint density at radius 3 is 2.82 bits per heavy atom. The highest BCUT2D eigenvalue weighted by molar-refractivity contribution is 7.14. The molecule has 0 saturated carbocycles. The van der Waals surface area contributed by atoms with E-state index in [1.165, 1.54) is 11.3 Å². The molecule has 2 rings (SSSR count). The number of aromatic carboxylic acids is 1. The maximum Gasteiger partial charge on any atom is 0.407 e. The van der Waals surface area contributed by atoms with E-state index < -0.39 is 17.7 Å². The minimum absolute atomic E-state index is 0.402. The highest BCUT2D eigenvalue weighted by Crippen LogP contribution is 2.28. The van der Waals surface area contributed by atoms with Gasteiger partial charge >= 0.3 is 12.1 Å². The Bertz CT molecular complexity index is 562. The lowest BCUT2D eigenvalue weighted by Crippen LogP contribution is -2.39. The van der Waals surface area contributed by atoms with Crippen LogP contribution >= 0.6 is 11.3 Å². The summed E-state index contributed by atoms with van der Waals surface area (Å²) < 4.78 is 5.18. The van der Waals surface area contributed by atoms with E-state index in [1.54, 1.807) is 6.07 Å². The van der Waals surface area contributed by atoms with Crippen LogP contribution in [0, 0.1) is 0 Å². The lowest BCUT2D eigenvalue weighted by molar-refractivity contribution is 0.0520. The van der Waals surface area contributed by atoms with Gasteiger partial charge in [-0.2, -0.15) is 0 Å². The van der Waals surface area contributed by atoms with Crippen LogP contribution in [-0.2, 0) is 17.7 Å². The molecule has 0 radical (unpaired) electrons. The van der Waals surface area contributed by atoms with Crippen molar-refractivity contribution in [2.75, 3.05) is 19.6 Å². The second-order valence-electron chi connectivity index (χ2n) is 6.32. The van der Waals surface area contributed by atoms with Crippen LogP contribution in [0.25, 0.3) is 0 Å². The summed E-state index contributed by atoms with van der Waals surface area (Å²) in [6.45, 7) is 8.34. The van der Waals surface area contributed by atoms with Gasteiger partial charge in [0.25, 0.3) is 0 Å². The Hall–Kier alpha value is -1.60. The fourth-order valence-electron chi connectivity index (χ4n) is 2.30. The van der Waals surface area contributed by atoms with Crippen molar-refractivity contribution in [3.8, 4) is 0 Å². The van der Waals surface area contributed by atoms with Gasteiger partial charge in [0.05, 0.1) is 0 Å². The van der Waals surface area contributed by atoms with Crippen molar-refractivity contribution < 1.29 is 19.4 Å². The van der Waals surface area contributed by atoms with Crippen LogP contribution in [0.3, 0.4) is 0 Å². The lowest BCUT2D eigenvalue weighted by atomic mass is 10.1. The number of alkyl carbamates (subject to hydrolysis) is 1. The molecule has 0 aliphatic carbocycles. The average molecular weight is 326 g/mol. The van der Waals surface area contributed by atoms with E-state index >= 15 is 0 Å². The summed E-state index contributed by atoms with van der Waals surface area (Å²) in [5.74, 6) is -0.863. The molecule has 1 amide bonds. The van der Waals surface area contributed by atoms with Crippen molar-refractivity contribution in [3.05, 3.63) is 21.4 Å². The number of carbonyl (C=O) groups excluding carboxylic acids is 1. The Kier molecular flexibility index (Phi) is 5.08. The number of carboxylic acids is 1. The fraction of sp³-hybridized carbons (Fsp3) is 0.600. The zero-order valence-corrected chi connectivity index (χ0v) is 14.0. The summed E-state index contributed by atoms with van der Waals surface area (Å²) in [6, 6.07) is 1.78. The van der Waals surface area contributed by atoms with Crippen molar-refractivity contribution in [2.45, 2.75) is 39.3 Å². The fourth-order valence-corrected chi connectivity index (χ4v) is 3.39. The lowest BCUT2D eigenvalue weighted by Gasteiger charge is -2.27. The van der Waals surface area contributed by atoms with Crippen LogP contribution in [0.15, 0.2) is 6.07 Å². The summed E-state index contributed by atoms with van der Waals surface area (Å²) in [4.78, 5) is 26.3. The molecule has 122 valence electrons. The number of hydrogen-bond donors (Lipinski definition) is 2. The van der Waals surface area contributed by atoms with Gasteiger partial charge in [0, 0.05) is 31.1 Å². The summed E-state index contributed by atoms with van der Waals surface area (Å²) in [6.07, 6.45) is 0.445. The molecule has 2 heterocycles. The second-order valence-corrected chi connectivity index (χ2v) is 7.46. The Labute approximate surface area is 134 Å². The van der Waals surface area contributed by atoms with Crippen LogP contribution in [0.1, 0.15) is 40.9 Å². The largest absolute Gasteiger partial charge is 0.477 e. The van der Waals surface area contributed by atoms with Gasteiger partial charge < -0.3 is 15.2 Å². The molecule has 1 aliphatic heterocycles. The Balaban J connectivity index is 1.79. The molecule has 2 N–H and O–H groups in total. The van der Waals surface area contributed by atoms with Gasteiger partial charge in [-0.25, -0.2) is 9.59 Å². The van der Waals surface area contributed by atoms with E-state index in [9.17, 15) is 9.59 Å². The van der Waals surface area contributed by atoms with E-state index in [2.05, 4.69) is 10.2 Å². The molecular formula is C15H22N2O4S. The predicted molar refractivity (Wildman–Crippen MR) is 84.5 cm³/mol. The minimum Gasteiger partial charge on any atom is -0.477 e. The van der Waals surface area contributed by atoms with E-state index in [1.807, 2.05) is 20.8 Å². The quantitative estimate of drug-likeness (QED) is 0.888. The molecule has 0 saturated heterocycles. The number of ether oxygens (including phenoxy) is 1. The van der Waals surface area contributed by atoms with Crippen molar-refractivity contribution in [3.63, 3.8) is 0 Å². The highest BCUT2D eigenvalue weighted by atomic mass is 32.1. The maximum atomic E-state index is 11.6. The van der Waals surface area contributed by atoms with Gasteiger partial charge in [0.2, 0.25) is 0 Å². The number of thiophene rings is 1. The molecule has 1 aliphatic rings. The molecule has 7 heteroatoms. The Morgan fingerprint density at radius 2 is 2.18 bits per heavy atom. The van der Waals surface area contributed by atoms with E-state index in [0.717, 1.165) is 36.5 Å². The summed E-state index contributed by atoms with van der Waals surface area (Å²) in [5, 5.41) is 11.8. The zero-order chi connectivity index (χ0) is 16.3. The van der Waals surface area contributed by atoms with Gasteiger partial charge in [0.1, 0.15) is 10.5 Å². The molecule has 0 aromatic carbocycles. The number of rotatable bonds is 4. The number of nitrogens with one attached hydrogen (secondary N) is 1. The van der Waals surface area contributed by atoms with Crippen molar-refractivity contribution in [1.82, 2.24) is 10.2 Å². The second kappa shape index (κ2) is 6.66. The third-order valence-electron chi connectivity index (χ3n) is 3.27. The summed E-state index contributed by atoms with van der Waals surface area (Å²) in [5.41, 5.74) is 0.646. The van der Waals surface area contributed by atoms with Crippen molar-refractivity contribution in [1.29, 1.82) is 0 Å². The zero-order valence-electron chi connectivity index (χ0n) is 13.1. The first-order valence-corrected chi connectivity index (χ1v) is 8.10. The number of carboxylic acid groups (broad SMARTS) is 1. The summed E-state index contributed by atoms with van der Waals surface area (Å²) in [7, 11) is 0. The first-order chi connectivity index (χ1) is 10.2. The molecule has 0 unspecified atom stereocenters. The topological polar surface area (TPSA) is 78.9 Å². The van der Waals surface area contributed by atoms with Crippen LogP contribution in [-0.4, -0.2) is 47.3 Å². The maximum absolute atomic E-state index is 11.6. The van der Waals surface area contributed by atoms with Crippen molar-refractivity contribution >= 4 is 23.4 Å². The third kappa shape index (κ3) is 4.71. The smallest absolute Gasteiger partial charge is 0.407 e. The van der Waals surface area contributed by atoms with Gasteiger partial charge in [-0.1, -0.05) is 0 Å². The van der Waals surface area contributed by atoms with Crippen molar-refractivity contribution in [2.24, 2.45) is 0 Å². The van der Waals surface area contributed by atoms with Crippen LogP contribution in [0.4, 0.5) is 4.79 Å². The summed E-state index contributed by atoms with van der Waals surface area (Å²) >= 11 is 1.34. The Morgan fingerprint density at radius 1 is 1.45 bits per heavy atom. The molecule has 6 nitrogen and oxygen atoms in total. The molecular weight excluding hydrogens is 304 g/mol. The third-order valence-corrected chi connectivity index (χ3v) is 4.42. The standard InChI is InChI=1S/C15H22N2O4S/c1-15(2,3)21-14(20)16-5-7-17-6-4-10-8-11(13(18)19)22-12(10)9-17/h8H,4-7,9H2,1-3H3,(H,16,20)(H,18,19). The average Bonchev–Trinajstić information content (AvgIpc) is 2.79. The number of carbonyl (C=O) groups is 2. The van der Waals surface area contributed by atoms with Gasteiger partial charge in [-0.15, -0.1) is 11.3 Å². The predicted octanol–water partition coefficient (Wildman–Crippen LogP) is 2.33. The molecule has 0 fully saturated rings. The highest BCUT2D eigenvalue weighted by Gasteiger charge is 2.21. The number of amides is 1. The monoisotopic (exact) mass is 326 g/mol. The minimum atomic E-state index is -0.863. The van der Waals surface area contributed by atoms with Crippen LogP contribution in [0.2, 0.25) is 0 Å². The van der Waals surface area contributed by atoms with Gasteiger partial charge in [0.15, 0.2) is 0 Å². The van der Waals surface area contributed by atoms with E-state index in [-0.39, 0.29) is 0 Å². The van der Waals surface area contributed by atoms with Gasteiger partial charge in [-0.3, -0.25) is 4.90 Å². The molecule has 0 spiro atoms. The molecule has 0 bridgehead atoms. The normalized spacial score (nSPS) is 15.2. The van der Waals surface area contributed by atoms with Crippen LogP contribution in [0.5, 0.6) is 0 Å². The van der Waals surface area contributed by atoms with E-state index in [0.29, 0.717) is 11.4 Å². The molecule has 22 heavy (non-hydrogen) atoms. The number of nitrogens with zero attached hydrogens (tertiary/aromatic N) is 1. The first-order valence-electron chi connectivity index (χ1n) is 7.29.